The minimum atomic E-state index is -0.222. The molecule has 1 aromatic carbocycles. The third-order valence-corrected chi connectivity index (χ3v) is 2.20. The Bertz CT molecular complexity index is 276. The monoisotopic (exact) mass is 206 g/mol. The molecule has 0 spiro atoms. The number of allylic oxidation sites excluding steroid dienone is 1. The Balaban J connectivity index is 2.27. The second-order valence-electron chi connectivity index (χ2n) is 3.29. The molecule has 1 aromatic rings. The summed E-state index contributed by atoms with van der Waals surface area (Å²) in [7, 11) is 3.27. The van der Waals surface area contributed by atoms with Crippen LogP contribution in [0.25, 0.3) is 0 Å². The van der Waals surface area contributed by atoms with E-state index in [-0.39, 0.29) is 6.29 Å². The maximum Gasteiger partial charge on any atom is 0.176 e. The molecule has 0 fully saturated rings. The van der Waals surface area contributed by atoms with Gasteiger partial charge in [0.25, 0.3) is 0 Å². The molecule has 0 aliphatic rings. The largest absolute Gasteiger partial charge is 0.352 e. The van der Waals surface area contributed by atoms with Crippen LogP contribution in [0.5, 0.6) is 0 Å². The lowest BCUT2D eigenvalue weighted by atomic mass is 10.1. The van der Waals surface area contributed by atoms with E-state index < -0.39 is 0 Å². The van der Waals surface area contributed by atoms with Gasteiger partial charge in [-0.25, -0.2) is 0 Å². The van der Waals surface area contributed by atoms with Gasteiger partial charge in [0.2, 0.25) is 0 Å². The molecule has 0 radical (unpaired) electrons. The number of methoxy groups -OCH3 is 2. The summed E-state index contributed by atoms with van der Waals surface area (Å²) in [6, 6.07) is 10.4. The summed E-state index contributed by atoms with van der Waals surface area (Å²) in [5.74, 6) is 0. The lowest BCUT2D eigenvalue weighted by molar-refractivity contribution is -0.0667. The van der Waals surface area contributed by atoms with Gasteiger partial charge in [-0.1, -0.05) is 36.4 Å². The van der Waals surface area contributed by atoms with E-state index in [4.69, 9.17) is 9.47 Å². The summed E-state index contributed by atoms with van der Waals surface area (Å²) in [5, 5.41) is 0. The van der Waals surface area contributed by atoms with Gasteiger partial charge >= 0.3 is 0 Å². The van der Waals surface area contributed by atoms with Gasteiger partial charge in [0, 0.05) is 14.2 Å². The van der Waals surface area contributed by atoms with Gasteiger partial charge in [0.15, 0.2) is 6.29 Å². The van der Waals surface area contributed by atoms with E-state index in [1.54, 1.807) is 14.2 Å². The zero-order valence-electron chi connectivity index (χ0n) is 9.35. The summed E-state index contributed by atoms with van der Waals surface area (Å²) in [6.07, 6.45) is 5.86. The van der Waals surface area contributed by atoms with Gasteiger partial charge in [-0.05, 0) is 24.5 Å². The normalized spacial score (nSPS) is 11.4. The van der Waals surface area contributed by atoms with Crippen LogP contribution in [-0.2, 0) is 15.9 Å². The predicted octanol–water partition coefficient (Wildman–Crippen LogP) is 2.79. The van der Waals surface area contributed by atoms with E-state index in [9.17, 15) is 0 Å². The molecular weight excluding hydrogens is 188 g/mol. The van der Waals surface area contributed by atoms with Crippen LogP contribution in [0, 0.1) is 0 Å². The first-order valence-corrected chi connectivity index (χ1v) is 5.13. The van der Waals surface area contributed by atoms with Crippen LogP contribution < -0.4 is 0 Å². The molecule has 0 saturated heterocycles. The maximum absolute atomic E-state index is 5.04. The fourth-order valence-corrected chi connectivity index (χ4v) is 1.36. The quantitative estimate of drug-likeness (QED) is 0.526. The average Bonchev–Trinajstić information content (AvgIpc) is 2.31. The first-order chi connectivity index (χ1) is 7.36. The Morgan fingerprint density at radius 1 is 1.13 bits per heavy atom. The molecule has 0 unspecified atom stereocenters. The van der Waals surface area contributed by atoms with Crippen molar-refractivity contribution in [2.24, 2.45) is 0 Å². The van der Waals surface area contributed by atoms with Crippen molar-refractivity contribution in [2.75, 3.05) is 14.2 Å². The van der Waals surface area contributed by atoms with Gasteiger partial charge in [-0.2, -0.15) is 0 Å². The van der Waals surface area contributed by atoms with Crippen LogP contribution in [-0.4, -0.2) is 20.5 Å². The third-order valence-electron chi connectivity index (χ3n) is 2.20. The van der Waals surface area contributed by atoms with E-state index in [1.807, 2.05) is 12.1 Å². The molecule has 0 N–H and O–H groups in total. The molecular formula is C13H18O2. The molecule has 0 aliphatic heterocycles. The molecule has 0 bridgehead atoms. The van der Waals surface area contributed by atoms with Crippen LogP contribution in [0.1, 0.15) is 12.0 Å². The summed E-state index contributed by atoms with van der Waals surface area (Å²) in [6.45, 7) is 0. The number of ether oxygens (including phenoxy) is 2. The number of rotatable bonds is 6. The molecule has 2 heteroatoms. The zero-order valence-corrected chi connectivity index (χ0v) is 9.35. The van der Waals surface area contributed by atoms with Crippen LogP contribution in [0.4, 0.5) is 0 Å². The predicted molar refractivity (Wildman–Crippen MR) is 61.7 cm³/mol. The highest BCUT2D eigenvalue weighted by Crippen LogP contribution is 2.03. The smallest absolute Gasteiger partial charge is 0.176 e. The number of hydrogen-bond donors (Lipinski definition) is 0. The first kappa shape index (κ1) is 12.0. The van der Waals surface area contributed by atoms with Crippen molar-refractivity contribution in [3.8, 4) is 0 Å². The van der Waals surface area contributed by atoms with E-state index in [0.29, 0.717) is 0 Å². The molecule has 0 atom stereocenters. The van der Waals surface area contributed by atoms with Crippen molar-refractivity contribution in [3.05, 3.63) is 48.0 Å². The average molecular weight is 206 g/mol. The van der Waals surface area contributed by atoms with E-state index in [1.165, 1.54) is 5.56 Å². The highest BCUT2D eigenvalue weighted by atomic mass is 16.7. The fraction of sp³-hybridized carbons (Fsp3) is 0.385. The van der Waals surface area contributed by atoms with Crippen molar-refractivity contribution >= 4 is 0 Å². The van der Waals surface area contributed by atoms with Gasteiger partial charge < -0.3 is 9.47 Å². The van der Waals surface area contributed by atoms with Crippen LogP contribution in [0.15, 0.2) is 42.5 Å². The highest BCUT2D eigenvalue weighted by Gasteiger charge is 1.96. The van der Waals surface area contributed by atoms with Gasteiger partial charge in [-0.15, -0.1) is 0 Å². The van der Waals surface area contributed by atoms with Crippen molar-refractivity contribution < 1.29 is 9.47 Å². The standard InChI is InChI=1S/C13H18O2/c1-14-13(15-2)11-7-6-10-12-8-4-3-5-9-12/h3-5,7-9,11,13H,6,10H2,1-2H3. The molecule has 82 valence electrons. The van der Waals surface area contributed by atoms with Gasteiger partial charge in [0.1, 0.15) is 0 Å². The Kier molecular flexibility index (Phi) is 5.74. The molecule has 0 aromatic heterocycles. The number of hydrogen-bond acceptors (Lipinski definition) is 2. The lowest BCUT2D eigenvalue weighted by Gasteiger charge is -2.07. The highest BCUT2D eigenvalue weighted by molar-refractivity contribution is 5.15. The molecule has 0 aliphatic carbocycles. The lowest BCUT2D eigenvalue weighted by Crippen LogP contribution is -2.08. The third kappa shape index (κ3) is 4.77. The van der Waals surface area contributed by atoms with Crippen molar-refractivity contribution in [1.29, 1.82) is 0 Å². The first-order valence-electron chi connectivity index (χ1n) is 5.13. The van der Waals surface area contributed by atoms with Crippen LogP contribution in [0.3, 0.4) is 0 Å². The molecule has 2 nitrogen and oxygen atoms in total. The Morgan fingerprint density at radius 3 is 2.40 bits per heavy atom. The summed E-state index contributed by atoms with van der Waals surface area (Å²) in [4.78, 5) is 0. The van der Waals surface area contributed by atoms with E-state index >= 15 is 0 Å². The topological polar surface area (TPSA) is 18.5 Å². The van der Waals surface area contributed by atoms with Gasteiger partial charge in [-0.3, -0.25) is 0 Å². The molecule has 1 rings (SSSR count). The fourth-order valence-electron chi connectivity index (χ4n) is 1.36. The summed E-state index contributed by atoms with van der Waals surface area (Å²) < 4.78 is 10.1. The molecule has 0 heterocycles. The van der Waals surface area contributed by atoms with E-state index in [2.05, 4.69) is 30.3 Å². The Labute approximate surface area is 91.5 Å². The molecule has 0 amide bonds. The number of aryl methyl sites for hydroxylation is 1. The van der Waals surface area contributed by atoms with Gasteiger partial charge in [0.05, 0.1) is 0 Å². The second kappa shape index (κ2) is 7.21. The minimum Gasteiger partial charge on any atom is -0.352 e. The summed E-state index contributed by atoms with van der Waals surface area (Å²) >= 11 is 0. The Morgan fingerprint density at radius 2 is 1.80 bits per heavy atom. The van der Waals surface area contributed by atoms with Crippen LogP contribution >= 0.6 is 0 Å². The minimum absolute atomic E-state index is 0.222. The molecule has 15 heavy (non-hydrogen) atoms. The summed E-state index contributed by atoms with van der Waals surface area (Å²) in [5.41, 5.74) is 1.36. The van der Waals surface area contributed by atoms with Crippen molar-refractivity contribution in [3.63, 3.8) is 0 Å². The molecule has 0 saturated carbocycles. The second-order valence-corrected chi connectivity index (χ2v) is 3.29. The van der Waals surface area contributed by atoms with Crippen molar-refractivity contribution in [2.45, 2.75) is 19.1 Å². The zero-order chi connectivity index (χ0) is 10.9. The van der Waals surface area contributed by atoms with Crippen molar-refractivity contribution in [1.82, 2.24) is 0 Å². The number of benzene rings is 1. The van der Waals surface area contributed by atoms with Crippen LogP contribution in [0.2, 0.25) is 0 Å². The Hall–Kier alpha value is -1.12. The van der Waals surface area contributed by atoms with E-state index in [0.717, 1.165) is 12.8 Å². The SMILES string of the molecule is COC(C=CCCc1ccccc1)OC. The maximum atomic E-state index is 5.04.